The molecule has 0 N–H and O–H groups in total. The van der Waals surface area contributed by atoms with Crippen LogP contribution in [0.4, 0.5) is 17.1 Å². The van der Waals surface area contributed by atoms with Crippen molar-refractivity contribution in [2.45, 2.75) is 19.3 Å². The number of rotatable bonds is 4. The van der Waals surface area contributed by atoms with Gasteiger partial charge in [0.1, 0.15) is 11.5 Å². The Labute approximate surface area is 374 Å². The van der Waals surface area contributed by atoms with E-state index >= 15 is 0 Å². The number of hydrogen-bond acceptors (Lipinski definition) is 3. The summed E-state index contributed by atoms with van der Waals surface area (Å²) in [5.41, 5.74) is 13.3. The van der Waals surface area contributed by atoms with Crippen molar-refractivity contribution in [3.05, 3.63) is 211 Å². The summed E-state index contributed by atoms with van der Waals surface area (Å²) in [5.74, 6) is 1.75. The highest BCUT2D eigenvalue weighted by Crippen LogP contribution is 2.55. The van der Waals surface area contributed by atoms with Gasteiger partial charge in [-0.2, -0.15) is 0 Å². The van der Waals surface area contributed by atoms with E-state index < -0.39 is 0 Å². The Balaban J connectivity index is 0.946. The lowest BCUT2D eigenvalue weighted by Crippen LogP contribution is -2.17. The Morgan fingerprint density at radius 3 is 1.81 bits per heavy atom. The van der Waals surface area contributed by atoms with Gasteiger partial charge in [0.05, 0.1) is 11.4 Å². The van der Waals surface area contributed by atoms with Gasteiger partial charge in [-0.1, -0.05) is 153 Å². The van der Waals surface area contributed by atoms with Gasteiger partial charge in [0.25, 0.3) is 0 Å². The van der Waals surface area contributed by atoms with Gasteiger partial charge in [-0.25, -0.2) is 0 Å². The SMILES string of the molecule is CC1(C)c2ccccc2-c2ccc(N(c3ccc4c5c(cccc35)-c3ccc(-c5ccc6c7ccccc7c7ccccc7c6c5)cc3O4)c3cccc4sc5ccccc5c34)cc21. The molecule has 11 aromatic carbocycles. The molecule has 3 heteroatoms. The van der Waals surface area contributed by atoms with Crippen molar-refractivity contribution >= 4 is 91.7 Å². The van der Waals surface area contributed by atoms with Crippen molar-refractivity contribution in [3.8, 4) is 44.9 Å². The predicted molar refractivity (Wildman–Crippen MR) is 273 cm³/mol. The monoisotopic (exact) mass is 833 g/mol. The molecule has 2 heterocycles. The second kappa shape index (κ2) is 13.2. The maximum atomic E-state index is 7.00. The van der Waals surface area contributed by atoms with Crippen molar-refractivity contribution in [3.63, 3.8) is 0 Å². The molecule has 1 aliphatic carbocycles. The molecule has 0 saturated heterocycles. The first-order valence-electron chi connectivity index (χ1n) is 22.2. The van der Waals surface area contributed by atoms with Crippen LogP contribution in [0.3, 0.4) is 0 Å². The van der Waals surface area contributed by atoms with Crippen LogP contribution in [-0.2, 0) is 5.41 Å². The Morgan fingerprint density at radius 1 is 0.375 bits per heavy atom. The summed E-state index contributed by atoms with van der Waals surface area (Å²) in [6, 6.07) is 74.1. The summed E-state index contributed by atoms with van der Waals surface area (Å²) >= 11 is 1.86. The number of ether oxygens (including phenoxy) is 1. The van der Waals surface area contributed by atoms with E-state index in [-0.39, 0.29) is 5.41 Å². The third-order valence-electron chi connectivity index (χ3n) is 14.2. The standard InChI is InChI=1S/C61H39NOS/c1-61(2)51-21-9-7-17-44(51)45-30-27-38(35-52(45)61)62(54-22-12-24-58-60(54)49-18-8-10-23-57(49)64-58)53-31-32-55-59-47(19-11-20-48(53)59)46-29-26-37(34-56(46)63-55)36-25-28-43-41-15-4-3-13-39(41)40-14-5-6-16-42(40)50(43)33-36/h3-35H,1-2H3. The highest BCUT2D eigenvalue weighted by molar-refractivity contribution is 7.26. The van der Waals surface area contributed by atoms with E-state index in [2.05, 4.69) is 219 Å². The first-order chi connectivity index (χ1) is 31.5. The van der Waals surface area contributed by atoms with E-state index in [9.17, 15) is 0 Å². The van der Waals surface area contributed by atoms with Crippen molar-refractivity contribution in [1.82, 2.24) is 0 Å². The zero-order valence-electron chi connectivity index (χ0n) is 35.3. The molecule has 64 heavy (non-hydrogen) atoms. The van der Waals surface area contributed by atoms with Gasteiger partial charge < -0.3 is 9.64 Å². The number of fused-ring (bicyclic) bond motifs is 14. The number of benzene rings is 11. The predicted octanol–water partition coefficient (Wildman–Crippen LogP) is 17.9. The topological polar surface area (TPSA) is 12.5 Å². The summed E-state index contributed by atoms with van der Waals surface area (Å²) in [6.07, 6.45) is 0. The summed E-state index contributed by atoms with van der Waals surface area (Å²) in [4.78, 5) is 2.51. The third kappa shape index (κ3) is 4.96. The van der Waals surface area contributed by atoms with Gasteiger partial charge in [-0.05, 0) is 132 Å². The van der Waals surface area contributed by atoms with E-state index in [1.807, 2.05) is 11.3 Å². The first-order valence-corrected chi connectivity index (χ1v) is 23.0. The molecule has 0 spiro atoms. The zero-order valence-corrected chi connectivity index (χ0v) is 36.1. The molecule has 1 aliphatic heterocycles. The number of anilines is 3. The fourth-order valence-electron chi connectivity index (χ4n) is 11.3. The van der Waals surface area contributed by atoms with Crippen molar-refractivity contribution < 1.29 is 4.74 Å². The van der Waals surface area contributed by atoms with Crippen LogP contribution in [0.2, 0.25) is 0 Å². The van der Waals surface area contributed by atoms with Gasteiger partial charge in [-0.15, -0.1) is 11.3 Å². The average Bonchev–Trinajstić information content (AvgIpc) is 3.84. The second-order valence-electron chi connectivity index (χ2n) is 18.0. The molecule has 1 aromatic heterocycles. The molecule has 0 radical (unpaired) electrons. The summed E-state index contributed by atoms with van der Waals surface area (Å²) in [7, 11) is 0. The first kappa shape index (κ1) is 35.8. The van der Waals surface area contributed by atoms with Crippen LogP contribution in [0.25, 0.3) is 96.6 Å². The zero-order chi connectivity index (χ0) is 42.3. The van der Waals surface area contributed by atoms with Crippen molar-refractivity contribution in [1.29, 1.82) is 0 Å². The minimum atomic E-state index is -0.139. The van der Waals surface area contributed by atoms with Crippen LogP contribution in [0.15, 0.2) is 200 Å². The lowest BCUT2D eigenvalue weighted by molar-refractivity contribution is 0.487. The van der Waals surface area contributed by atoms with Gasteiger partial charge >= 0.3 is 0 Å². The summed E-state index contributed by atoms with van der Waals surface area (Å²) in [6.45, 7) is 4.73. The normalized spacial score (nSPS) is 13.4. The molecule has 0 unspecified atom stereocenters. The lowest BCUT2D eigenvalue weighted by atomic mass is 9.82. The second-order valence-corrected chi connectivity index (χ2v) is 19.0. The van der Waals surface area contributed by atoms with Gasteiger partial charge in [-0.3, -0.25) is 0 Å². The number of hydrogen-bond donors (Lipinski definition) is 0. The van der Waals surface area contributed by atoms with E-state index in [0.29, 0.717) is 0 Å². The molecule has 0 saturated carbocycles. The smallest absolute Gasteiger partial charge is 0.136 e. The van der Waals surface area contributed by atoms with E-state index in [1.54, 1.807) is 0 Å². The number of thiophene rings is 1. The molecule has 0 fully saturated rings. The molecule has 2 nitrogen and oxygen atoms in total. The van der Waals surface area contributed by atoms with Gasteiger partial charge in [0, 0.05) is 47.6 Å². The highest BCUT2D eigenvalue weighted by Gasteiger charge is 2.36. The van der Waals surface area contributed by atoms with Crippen LogP contribution in [-0.4, -0.2) is 0 Å². The molecule has 12 aromatic rings. The maximum absolute atomic E-state index is 7.00. The van der Waals surface area contributed by atoms with E-state index in [0.717, 1.165) is 44.8 Å². The minimum absolute atomic E-state index is 0.139. The quantitative estimate of drug-likeness (QED) is 0.164. The molecular weight excluding hydrogens is 795 g/mol. The Kier molecular flexibility index (Phi) is 7.36. The Hall–Kier alpha value is -7.72. The molecule has 300 valence electrons. The molecule has 14 rings (SSSR count). The van der Waals surface area contributed by atoms with Gasteiger partial charge in [0.15, 0.2) is 0 Å². The van der Waals surface area contributed by atoms with Crippen LogP contribution in [0.1, 0.15) is 25.0 Å². The molecule has 0 amide bonds. The highest BCUT2D eigenvalue weighted by atomic mass is 32.1. The molecule has 0 atom stereocenters. The lowest BCUT2D eigenvalue weighted by Gasteiger charge is -2.31. The van der Waals surface area contributed by atoms with Crippen LogP contribution >= 0.6 is 11.3 Å². The van der Waals surface area contributed by atoms with Crippen LogP contribution < -0.4 is 9.64 Å². The van der Waals surface area contributed by atoms with Crippen LogP contribution in [0, 0.1) is 0 Å². The maximum Gasteiger partial charge on any atom is 0.136 e. The fraction of sp³-hybridized carbons (Fsp3) is 0.0492. The molecule has 0 bridgehead atoms. The summed E-state index contributed by atoms with van der Waals surface area (Å²) < 4.78 is 9.57. The molecular formula is C61H39NOS. The van der Waals surface area contributed by atoms with Crippen molar-refractivity contribution in [2.24, 2.45) is 0 Å². The Morgan fingerprint density at radius 2 is 0.984 bits per heavy atom. The molecule has 2 aliphatic rings. The van der Waals surface area contributed by atoms with E-state index in [4.69, 9.17) is 4.74 Å². The van der Waals surface area contributed by atoms with Crippen LogP contribution in [0.5, 0.6) is 11.5 Å². The summed E-state index contributed by atoms with van der Waals surface area (Å²) in [5, 5.41) is 12.5. The van der Waals surface area contributed by atoms with E-state index in [1.165, 1.54) is 91.6 Å². The minimum Gasteiger partial charge on any atom is -0.456 e. The Bertz CT molecular complexity index is 3950. The largest absolute Gasteiger partial charge is 0.456 e. The van der Waals surface area contributed by atoms with Gasteiger partial charge in [0.2, 0.25) is 0 Å². The van der Waals surface area contributed by atoms with Crippen molar-refractivity contribution in [2.75, 3.05) is 4.90 Å². The fourth-order valence-corrected chi connectivity index (χ4v) is 12.4. The third-order valence-corrected chi connectivity index (χ3v) is 15.4. The average molecular weight is 834 g/mol. The number of nitrogens with zero attached hydrogens (tertiary/aromatic N) is 1.